The van der Waals surface area contributed by atoms with E-state index in [4.69, 9.17) is 0 Å². The van der Waals surface area contributed by atoms with Crippen LogP contribution in [0, 0.1) is 17.2 Å². The molecule has 1 aliphatic rings. The van der Waals surface area contributed by atoms with Gasteiger partial charge in [0, 0.05) is 6.04 Å². The number of hydrogen-bond acceptors (Lipinski definition) is 1. The average molecular weight is 275 g/mol. The van der Waals surface area contributed by atoms with Crippen molar-refractivity contribution in [3.63, 3.8) is 0 Å². The van der Waals surface area contributed by atoms with Crippen LogP contribution in [0.5, 0.6) is 0 Å². The second-order valence-corrected chi connectivity index (χ2v) is 5.80. The minimum absolute atomic E-state index is 0.105. The predicted molar refractivity (Wildman–Crippen MR) is 65.1 cm³/mol. The molecular formula is C14H17F4N. The van der Waals surface area contributed by atoms with Crippen LogP contribution in [0.2, 0.25) is 0 Å². The van der Waals surface area contributed by atoms with E-state index in [0.717, 1.165) is 18.6 Å². The summed E-state index contributed by atoms with van der Waals surface area (Å²) in [6, 6.07) is 3.08. The van der Waals surface area contributed by atoms with Crippen LogP contribution in [0.1, 0.15) is 37.4 Å². The Bertz CT molecular complexity index is 479. The summed E-state index contributed by atoms with van der Waals surface area (Å²) in [6.07, 6.45) is -3.66. The Labute approximate surface area is 110 Å². The minimum atomic E-state index is -4.64. The van der Waals surface area contributed by atoms with Gasteiger partial charge in [0.1, 0.15) is 5.82 Å². The van der Waals surface area contributed by atoms with E-state index >= 15 is 0 Å². The number of nitrogens with one attached hydrogen (secondary N) is 1. The second kappa shape index (κ2) is 4.47. The fourth-order valence-corrected chi connectivity index (χ4v) is 2.63. The van der Waals surface area contributed by atoms with Gasteiger partial charge in [-0.1, -0.05) is 19.9 Å². The first-order chi connectivity index (χ1) is 8.66. The van der Waals surface area contributed by atoms with Crippen molar-refractivity contribution in [3.05, 3.63) is 35.1 Å². The van der Waals surface area contributed by atoms with Gasteiger partial charge < -0.3 is 5.32 Å². The van der Waals surface area contributed by atoms with Crippen molar-refractivity contribution in [1.29, 1.82) is 0 Å². The maximum atomic E-state index is 13.6. The van der Waals surface area contributed by atoms with Gasteiger partial charge in [-0.05, 0) is 42.5 Å². The van der Waals surface area contributed by atoms with E-state index in [9.17, 15) is 17.6 Å². The molecule has 2 rings (SSSR count). The third-order valence-electron chi connectivity index (χ3n) is 3.96. The highest BCUT2D eigenvalue weighted by Gasteiger charge is 2.50. The smallest absolute Gasteiger partial charge is 0.313 e. The summed E-state index contributed by atoms with van der Waals surface area (Å²) < 4.78 is 51.1. The van der Waals surface area contributed by atoms with Crippen LogP contribution in [-0.4, -0.2) is 7.05 Å². The highest BCUT2D eigenvalue weighted by molar-refractivity contribution is 5.30. The minimum Gasteiger partial charge on any atom is -0.313 e. The molecule has 1 N–H and O–H groups in total. The van der Waals surface area contributed by atoms with E-state index in [-0.39, 0.29) is 11.5 Å². The number of hydrogen-bond donors (Lipinski definition) is 1. The molecule has 0 radical (unpaired) electrons. The van der Waals surface area contributed by atoms with Gasteiger partial charge in [-0.25, -0.2) is 4.39 Å². The molecule has 1 fully saturated rings. The number of benzene rings is 1. The largest absolute Gasteiger partial charge is 0.419 e. The highest BCUT2D eigenvalue weighted by atomic mass is 19.4. The molecule has 5 heteroatoms. The average Bonchev–Trinajstić information content (AvgIpc) is 2.86. The van der Waals surface area contributed by atoms with Crippen LogP contribution in [0.4, 0.5) is 17.6 Å². The van der Waals surface area contributed by atoms with E-state index in [1.165, 1.54) is 6.07 Å². The van der Waals surface area contributed by atoms with Crippen molar-refractivity contribution in [1.82, 2.24) is 5.32 Å². The van der Waals surface area contributed by atoms with E-state index in [0.29, 0.717) is 11.5 Å². The summed E-state index contributed by atoms with van der Waals surface area (Å²) >= 11 is 0. The highest BCUT2D eigenvalue weighted by Crippen LogP contribution is 2.57. The summed E-state index contributed by atoms with van der Waals surface area (Å²) in [5, 5.41) is 3.07. The summed E-state index contributed by atoms with van der Waals surface area (Å²) in [5.41, 5.74) is -0.475. The van der Waals surface area contributed by atoms with Gasteiger partial charge in [0.15, 0.2) is 0 Å². The summed E-state index contributed by atoms with van der Waals surface area (Å²) in [4.78, 5) is 0. The first kappa shape index (κ1) is 14.3. The van der Waals surface area contributed by atoms with E-state index < -0.39 is 17.6 Å². The topological polar surface area (TPSA) is 12.0 Å². The first-order valence-corrected chi connectivity index (χ1v) is 6.21. The van der Waals surface area contributed by atoms with Crippen molar-refractivity contribution in [3.8, 4) is 0 Å². The van der Waals surface area contributed by atoms with Gasteiger partial charge in [-0.15, -0.1) is 0 Å². The Morgan fingerprint density at radius 3 is 2.26 bits per heavy atom. The van der Waals surface area contributed by atoms with Gasteiger partial charge in [0.2, 0.25) is 0 Å². The van der Waals surface area contributed by atoms with Crippen molar-refractivity contribution in [2.45, 2.75) is 32.5 Å². The van der Waals surface area contributed by atoms with Crippen LogP contribution in [0.3, 0.4) is 0 Å². The Balaban J connectivity index is 2.29. The molecule has 1 aliphatic carbocycles. The van der Waals surface area contributed by atoms with Crippen LogP contribution in [0.15, 0.2) is 18.2 Å². The SMILES string of the molecule is CNC(c1ccc(C(F)(F)F)c(F)c1)C1CC1(C)C. The molecule has 0 aliphatic heterocycles. The lowest BCUT2D eigenvalue weighted by Gasteiger charge is -2.19. The molecule has 19 heavy (non-hydrogen) atoms. The molecule has 0 saturated heterocycles. The van der Waals surface area contributed by atoms with Crippen LogP contribution >= 0.6 is 0 Å². The van der Waals surface area contributed by atoms with E-state index in [1.807, 2.05) is 0 Å². The predicted octanol–water partition coefficient (Wildman–Crippen LogP) is 4.15. The molecule has 0 spiro atoms. The number of alkyl halides is 3. The fourth-order valence-electron chi connectivity index (χ4n) is 2.63. The molecule has 2 unspecified atom stereocenters. The summed E-state index contributed by atoms with van der Waals surface area (Å²) in [7, 11) is 1.74. The van der Waals surface area contributed by atoms with Crippen LogP contribution in [0.25, 0.3) is 0 Å². The zero-order valence-corrected chi connectivity index (χ0v) is 11.1. The lowest BCUT2D eigenvalue weighted by atomic mass is 9.96. The number of rotatable bonds is 3. The first-order valence-electron chi connectivity index (χ1n) is 6.21. The van der Waals surface area contributed by atoms with Gasteiger partial charge in [0.05, 0.1) is 5.56 Å². The molecule has 1 aromatic rings. The van der Waals surface area contributed by atoms with E-state index in [1.54, 1.807) is 7.05 Å². The van der Waals surface area contributed by atoms with Crippen molar-refractivity contribution >= 4 is 0 Å². The van der Waals surface area contributed by atoms with Crippen molar-refractivity contribution in [2.24, 2.45) is 11.3 Å². The molecule has 1 saturated carbocycles. The molecule has 1 nitrogen and oxygen atoms in total. The van der Waals surface area contributed by atoms with Gasteiger partial charge in [-0.3, -0.25) is 0 Å². The van der Waals surface area contributed by atoms with E-state index in [2.05, 4.69) is 19.2 Å². The van der Waals surface area contributed by atoms with Crippen molar-refractivity contribution < 1.29 is 17.6 Å². The molecular weight excluding hydrogens is 258 g/mol. The lowest BCUT2D eigenvalue weighted by molar-refractivity contribution is -0.140. The molecule has 2 atom stereocenters. The van der Waals surface area contributed by atoms with Gasteiger partial charge in [-0.2, -0.15) is 13.2 Å². The summed E-state index contributed by atoms with van der Waals surface area (Å²) in [6.45, 7) is 4.20. The molecule has 0 amide bonds. The maximum Gasteiger partial charge on any atom is 0.419 e. The monoisotopic (exact) mass is 275 g/mol. The van der Waals surface area contributed by atoms with Gasteiger partial charge >= 0.3 is 6.18 Å². The van der Waals surface area contributed by atoms with Gasteiger partial charge in [0.25, 0.3) is 0 Å². The molecule has 1 aromatic carbocycles. The second-order valence-electron chi connectivity index (χ2n) is 5.80. The quantitative estimate of drug-likeness (QED) is 0.817. The van der Waals surface area contributed by atoms with Crippen LogP contribution < -0.4 is 5.32 Å². The Hall–Kier alpha value is -1.10. The molecule has 0 aromatic heterocycles. The third-order valence-corrected chi connectivity index (χ3v) is 3.96. The fraction of sp³-hybridized carbons (Fsp3) is 0.571. The Morgan fingerprint density at radius 2 is 1.89 bits per heavy atom. The zero-order chi connectivity index (χ0) is 14.4. The molecule has 0 bridgehead atoms. The normalized spacial score (nSPS) is 23.2. The zero-order valence-electron chi connectivity index (χ0n) is 11.1. The molecule has 106 valence electrons. The third kappa shape index (κ3) is 2.76. The van der Waals surface area contributed by atoms with Crippen LogP contribution in [-0.2, 0) is 6.18 Å². The standard InChI is InChI=1S/C14H17F4N/c1-13(2)7-10(13)12(19-3)8-4-5-9(11(15)6-8)14(16,17)18/h4-6,10,12,19H,7H2,1-3H3. The number of halogens is 4. The lowest BCUT2D eigenvalue weighted by Crippen LogP contribution is -2.21. The summed E-state index contributed by atoms with van der Waals surface area (Å²) in [5.74, 6) is -0.877. The maximum absolute atomic E-state index is 13.6. The Morgan fingerprint density at radius 1 is 1.32 bits per heavy atom. The molecule has 0 heterocycles. The van der Waals surface area contributed by atoms with Crippen molar-refractivity contribution in [2.75, 3.05) is 7.05 Å². The Kier molecular flexibility index (Phi) is 3.37.